The summed E-state index contributed by atoms with van der Waals surface area (Å²) in [7, 11) is -3.18. The van der Waals surface area contributed by atoms with Crippen molar-refractivity contribution >= 4 is 10.0 Å². The lowest BCUT2D eigenvalue weighted by molar-refractivity contribution is 0.0537. The molecule has 2 fully saturated rings. The van der Waals surface area contributed by atoms with Crippen LogP contribution in [0.3, 0.4) is 0 Å². The van der Waals surface area contributed by atoms with Crippen LogP contribution in [-0.2, 0) is 14.8 Å². The monoisotopic (exact) mass is 290 g/mol. The second kappa shape index (κ2) is 6.52. The van der Waals surface area contributed by atoms with Crippen molar-refractivity contribution in [3.8, 4) is 0 Å². The summed E-state index contributed by atoms with van der Waals surface area (Å²) >= 11 is 0. The summed E-state index contributed by atoms with van der Waals surface area (Å²) in [5, 5.41) is 3.39. The van der Waals surface area contributed by atoms with Gasteiger partial charge in [-0.2, -0.15) is 0 Å². The third-order valence-corrected chi connectivity index (χ3v) is 5.72. The quantitative estimate of drug-likeness (QED) is 0.793. The van der Waals surface area contributed by atoms with Gasteiger partial charge in [0.25, 0.3) is 0 Å². The first kappa shape index (κ1) is 15.2. The van der Waals surface area contributed by atoms with Crippen LogP contribution in [0.4, 0.5) is 0 Å². The zero-order valence-corrected chi connectivity index (χ0v) is 12.6. The summed E-state index contributed by atoms with van der Waals surface area (Å²) in [4.78, 5) is 0. The van der Waals surface area contributed by atoms with Crippen LogP contribution in [0.2, 0.25) is 0 Å². The van der Waals surface area contributed by atoms with Gasteiger partial charge in [0, 0.05) is 24.8 Å². The maximum Gasteiger partial charge on any atom is 0.212 e. The van der Waals surface area contributed by atoms with E-state index in [-0.39, 0.29) is 11.3 Å². The van der Waals surface area contributed by atoms with Gasteiger partial charge in [-0.15, -0.1) is 0 Å². The summed E-state index contributed by atoms with van der Waals surface area (Å²) < 4.78 is 32.5. The Bertz CT molecular complexity index is 371. The van der Waals surface area contributed by atoms with Gasteiger partial charge in [-0.25, -0.2) is 13.1 Å². The normalized spacial score (nSPS) is 28.2. The summed E-state index contributed by atoms with van der Waals surface area (Å²) in [6.07, 6.45) is 5.74. The van der Waals surface area contributed by atoms with Crippen LogP contribution in [0.15, 0.2) is 0 Å². The van der Waals surface area contributed by atoms with E-state index in [1.807, 2.05) is 6.92 Å². The lowest BCUT2D eigenvalue weighted by atomic mass is 9.94. The van der Waals surface area contributed by atoms with Crippen LogP contribution in [0.1, 0.15) is 45.4 Å². The number of hydrogen-bond donors (Lipinski definition) is 2. The molecule has 0 bridgehead atoms. The third-order valence-electron chi connectivity index (χ3n) is 4.15. The Labute approximate surface area is 116 Å². The number of ether oxygens (including phenoxy) is 1. The van der Waals surface area contributed by atoms with Crippen molar-refractivity contribution in [2.45, 2.75) is 57.0 Å². The second-order valence-corrected chi connectivity index (χ2v) is 7.87. The zero-order chi connectivity index (χ0) is 13.8. The second-order valence-electron chi connectivity index (χ2n) is 6.03. The van der Waals surface area contributed by atoms with E-state index in [0.29, 0.717) is 25.7 Å². The van der Waals surface area contributed by atoms with E-state index in [0.717, 1.165) is 25.8 Å². The zero-order valence-electron chi connectivity index (χ0n) is 11.8. The van der Waals surface area contributed by atoms with E-state index < -0.39 is 10.0 Å². The van der Waals surface area contributed by atoms with Gasteiger partial charge in [-0.1, -0.05) is 6.42 Å². The van der Waals surface area contributed by atoms with Crippen molar-refractivity contribution in [2.75, 3.05) is 25.5 Å². The van der Waals surface area contributed by atoms with Crippen LogP contribution in [-0.4, -0.2) is 45.5 Å². The molecule has 1 unspecified atom stereocenters. The number of rotatable bonds is 5. The number of sulfonamides is 1. The molecule has 2 rings (SSSR count). The Morgan fingerprint density at radius 2 is 2.05 bits per heavy atom. The number of hydrogen-bond acceptors (Lipinski definition) is 4. The first-order valence-corrected chi connectivity index (χ1v) is 8.97. The average molecular weight is 290 g/mol. The fourth-order valence-electron chi connectivity index (χ4n) is 2.82. The lowest BCUT2D eigenvalue weighted by Gasteiger charge is -2.34. The highest BCUT2D eigenvalue weighted by molar-refractivity contribution is 7.89. The third kappa shape index (κ3) is 5.02. The minimum Gasteiger partial charge on any atom is -0.381 e. The summed E-state index contributed by atoms with van der Waals surface area (Å²) in [6, 6.07) is 0.368. The summed E-state index contributed by atoms with van der Waals surface area (Å²) in [6.45, 7) is 4.28. The predicted octanol–water partition coefficient (Wildman–Crippen LogP) is 1.01. The SMILES string of the molecule is CC1(NS(=O)(=O)CCC2CCCCN2)CCOCC1. The molecule has 2 N–H and O–H groups in total. The molecule has 0 radical (unpaired) electrons. The molecule has 0 aromatic carbocycles. The molecule has 2 aliphatic rings. The topological polar surface area (TPSA) is 67.4 Å². The minimum absolute atomic E-state index is 0.223. The smallest absolute Gasteiger partial charge is 0.212 e. The van der Waals surface area contributed by atoms with Crippen molar-refractivity contribution in [1.82, 2.24) is 10.0 Å². The largest absolute Gasteiger partial charge is 0.381 e. The molecule has 2 saturated heterocycles. The molecule has 0 aromatic rings. The number of nitrogens with one attached hydrogen (secondary N) is 2. The van der Waals surface area contributed by atoms with Crippen molar-refractivity contribution < 1.29 is 13.2 Å². The molecule has 2 aliphatic heterocycles. The molecule has 0 saturated carbocycles. The lowest BCUT2D eigenvalue weighted by Crippen LogP contribution is -2.50. The highest BCUT2D eigenvalue weighted by Crippen LogP contribution is 2.21. The molecular weight excluding hydrogens is 264 g/mol. The highest BCUT2D eigenvalue weighted by Gasteiger charge is 2.32. The van der Waals surface area contributed by atoms with Crippen molar-refractivity contribution in [1.29, 1.82) is 0 Å². The molecule has 0 spiro atoms. The molecule has 112 valence electrons. The molecule has 1 atom stereocenters. The molecule has 19 heavy (non-hydrogen) atoms. The van der Waals surface area contributed by atoms with Crippen LogP contribution in [0.25, 0.3) is 0 Å². The van der Waals surface area contributed by atoms with Crippen LogP contribution in [0.5, 0.6) is 0 Å². The Kier molecular flexibility index (Phi) is 5.22. The molecule has 2 heterocycles. The van der Waals surface area contributed by atoms with Gasteiger partial charge >= 0.3 is 0 Å². The van der Waals surface area contributed by atoms with E-state index in [1.54, 1.807) is 0 Å². The van der Waals surface area contributed by atoms with Gasteiger partial charge < -0.3 is 10.1 Å². The van der Waals surface area contributed by atoms with Gasteiger partial charge in [0.05, 0.1) is 5.75 Å². The maximum absolute atomic E-state index is 12.2. The van der Waals surface area contributed by atoms with Crippen molar-refractivity contribution in [3.63, 3.8) is 0 Å². The molecule has 0 aliphatic carbocycles. The van der Waals surface area contributed by atoms with Gasteiger partial charge in [-0.05, 0) is 45.6 Å². The molecule has 5 nitrogen and oxygen atoms in total. The summed E-state index contributed by atoms with van der Waals surface area (Å²) in [5.41, 5.74) is -0.322. The van der Waals surface area contributed by atoms with E-state index >= 15 is 0 Å². The summed E-state index contributed by atoms with van der Waals surface area (Å²) in [5.74, 6) is 0.223. The van der Waals surface area contributed by atoms with Gasteiger partial charge in [0.1, 0.15) is 0 Å². The first-order chi connectivity index (χ1) is 8.99. The Morgan fingerprint density at radius 1 is 1.32 bits per heavy atom. The Balaban J connectivity index is 1.80. The van der Waals surface area contributed by atoms with Crippen molar-refractivity contribution in [3.05, 3.63) is 0 Å². The predicted molar refractivity (Wildman–Crippen MR) is 75.6 cm³/mol. The van der Waals surface area contributed by atoms with Gasteiger partial charge in [-0.3, -0.25) is 0 Å². The van der Waals surface area contributed by atoms with E-state index in [1.165, 1.54) is 12.8 Å². The standard InChI is InChI=1S/C13H26N2O3S/c1-13(6-9-18-10-7-13)15-19(16,17)11-5-12-4-2-3-8-14-12/h12,14-15H,2-11H2,1H3. The van der Waals surface area contributed by atoms with Crippen molar-refractivity contribution in [2.24, 2.45) is 0 Å². The Morgan fingerprint density at radius 3 is 2.68 bits per heavy atom. The Hall–Kier alpha value is -0.170. The molecule has 0 aromatic heterocycles. The minimum atomic E-state index is -3.18. The van der Waals surface area contributed by atoms with Crippen LogP contribution >= 0.6 is 0 Å². The van der Waals surface area contributed by atoms with Gasteiger partial charge in [0.2, 0.25) is 10.0 Å². The molecular formula is C13H26N2O3S. The molecule has 6 heteroatoms. The molecule has 0 amide bonds. The maximum atomic E-state index is 12.2. The van der Waals surface area contributed by atoms with E-state index in [4.69, 9.17) is 4.74 Å². The van der Waals surface area contributed by atoms with E-state index in [9.17, 15) is 8.42 Å². The fourth-order valence-corrected chi connectivity index (χ4v) is 4.47. The average Bonchev–Trinajstić information content (AvgIpc) is 2.37. The fraction of sp³-hybridized carbons (Fsp3) is 1.00. The highest BCUT2D eigenvalue weighted by atomic mass is 32.2. The van der Waals surface area contributed by atoms with Gasteiger partial charge in [0.15, 0.2) is 0 Å². The first-order valence-electron chi connectivity index (χ1n) is 7.32. The number of piperidine rings is 1. The van der Waals surface area contributed by atoms with Crippen LogP contribution < -0.4 is 10.0 Å². The van der Waals surface area contributed by atoms with E-state index in [2.05, 4.69) is 10.0 Å². The van der Waals surface area contributed by atoms with Crippen LogP contribution in [0, 0.1) is 0 Å².